The number of rotatable bonds is 5. The molecule has 0 aromatic heterocycles. The molecule has 4 heteroatoms. The van der Waals surface area contributed by atoms with Gasteiger partial charge in [0.1, 0.15) is 0 Å². The summed E-state index contributed by atoms with van der Waals surface area (Å²) in [6.07, 6.45) is 0.409. The number of urea groups is 1. The van der Waals surface area contributed by atoms with Crippen molar-refractivity contribution in [1.82, 2.24) is 10.2 Å². The fourth-order valence-corrected chi connectivity index (χ4v) is 3.81. The molecule has 1 fully saturated rings. The van der Waals surface area contributed by atoms with E-state index in [-0.39, 0.29) is 18.5 Å². The van der Waals surface area contributed by atoms with E-state index in [1.54, 1.807) is 0 Å². The number of hydrogen-bond donors (Lipinski definition) is 1. The molecule has 0 radical (unpaired) electrons. The van der Waals surface area contributed by atoms with Gasteiger partial charge in [-0.05, 0) is 23.6 Å². The maximum absolute atomic E-state index is 13.6. The first-order valence-corrected chi connectivity index (χ1v) is 9.38. The van der Waals surface area contributed by atoms with Crippen LogP contribution in [0.25, 0.3) is 0 Å². The van der Waals surface area contributed by atoms with Crippen LogP contribution in [0.15, 0.2) is 84.9 Å². The minimum absolute atomic E-state index is 0.214. The Labute approximate surface area is 164 Å². The van der Waals surface area contributed by atoms with Crippen LogP contribution in [0.5, 0.6) is 0 Å². The summed E-state index contributed by atoms with van der Waals surface area (Å²) in [5, 5.41) is 3.00. The van der Waals surface area contributed by atoms with Crippen molar-refractivity contribution in [2.75, 3.05) is 0 Å². The van der Waals surface area contributed by atoms with E-state index in [1.165, 1.54) is 4.90 Å². The summed E-state index contributed by atoms with van der Waals surface area (Å²) >= 11 is 0. The van der Waals surface area contributed by atoms with Crippen LogP contribution in [0.4, 0.5) is 4.79 Å². The molecule has 1 saturated heterocycles. The smallest absolute Gasteiger partial charge is 0.319 e. The molecule has 0 bridgehead atoms. The number of benzene rings is 3. The maximum atomic E-state index is 13.6. The average Bonchev–Trinajstić information content (AvgIpc) is 2.94. The van der Waals surface area contributed by atoms with Crippen molar-refractivity contribution in [3.8, 4) is 0 Å². The second-order valence-electron chi connectivity index (χ2n) is 7.24. The third kappa shape index (κ3) is 3.29. The molecule has 4 nitrogen and oxygen atoms in total. The predicted molar refractivity (Wildman–Crippen MR) is 109 cm³/mol. The van der Waals surface area contributed by atoms with Crippen LogP contribution < -0.4 is 5.32 Å². The Balaban J connectivity index is 1.72. The average molecular weight is 370 g/mol. The van der Waals surface area contributed by atoms with Crippen molar-refractivity contribution < 1.29 is 9.59 Å². The van der Waals surface area contributed by atoms with E-state index in [0.29, 0.717) is 6.42 Å². The van der Waals surface area contributed by atoms with Crippen molar-refractivity contribution in [1.29, 1.82) is 0 Å². The molecule has 1 heterocycles. The Morgan fingerprint density at radius 2 is 1.46 bits per heavy atom. The van der Waals surface area contributed by atoms with Gasteiger partial charge in [-0.1, -0.05) is 90.5 Å². The molecule has 1 atom stereocenters. The Morgan fingerprint density at radius 1 is 0.821 bits per heavy atom. The van der Waals surface area contributed by atoms with Crippen molar-refractivity contribution in [2.24, 2.45) is 0 Å². The molecule has 0 saturated carbocycles. The molecule has 1 N–H and O–H groups in total. The highest BCUT2D eigenvalue weighted by Gasteiger charge is 2.52. The first-order valence-electron chi connectivity index (χ1n) is 9.38. The minimum Gasteiger partial charge on any atom is -0.319 e. The van der Waals surface area contributed by atoms with E-state index in [1.807, 2.05) is 91.9 Å². The summed E-state index contributed by atoms with van der Waals surface area (Å²) in [5.41, 5.74) is 2.74. The first-order chi connectivity index (χ1) is 13.6. The molecular formula is C24H22N2O2. The fraction of sp³-hybridized carbons (Fsp3) is 0.167. The van der Waals surface area contributed by atoms with Gasteiger partial charge in [0.2, 0.25) is 0 Å². The first kappa shape index (κ1) is 18.0. The highest BCUT2D eigenvalue weighted by Crippen LogP contribution is 2.33. The summed E-state index contributed by atoms with van der Waals surface area (Å²) in [6.45, 7) is 2.26. The van der Waals surface area contributed by atoms with Crippen LogP contribution >= 0.6 is 0 Å². The van der Waals surface area contributed by atoms with Crippen LogP contribution in [0.3, 0.4) is 0 Å². The zero-order valence-corrected chi connectivity index (χ0v) is 15.8. The summed E-state index contributed by atoms with van der Waals surface area (Å²) in [4.78, 5) is 27.7. The van der Waals surface area contributed by atoms with Gasteiger partial charge in [-0.2, -0.15) is 0 Å². The van der Waals surface area contributed by atoms with Gasteiger partial charge < -0.3 is 5.32 Å². The molecule has 0 aliphatic carbocycles. The van der Waals surface area contributed by atoms with Crippen LogP contribution in [-0.4, -0.2) is 16.8 Å². The van der Waals surface area contributed by atoms with Gasteiger partial charge in [0.15, 0.2) is 5.54 Å². The molecule has 3 aromatic rings. The zero-order valence-electron chi connectivity index (χ0n) is 15.8. The van der Waals surface area contributed by atoms with Crippen LogP contribution in [0.2, 0.25) is 0 Å². The van der Waals surface area contributed by atoms with Crippen LogP contribution in [0, 0.1) is 6.92 Å². The number of carbonyl (C=O) groups is 2. The normalized spacial score (nSPS) is 19.0. The summed E-state index contributed by atoms with van der Waals surface area (Å²) in [5.74, 6) is -0.214. The van der Waals surface area contributed by atoms with Crippen LogP contribution in [0.1, 0.15) is 22.3 Å². The molecule has 0 spiro atoms. The zero-order chi connectivity index (χ0) is 19.6. The Kier molecular flexibility index (Phi) is 4.70. The SMILES string of the molecule is Cc1cccc(CN2C(=O)NC(Cc3ccccc3)(c3ccccc3)C2=O)c1. The maximum Gasteiger partial charge on any atom is 0.325 e. The van der Waals surface area contributed by atoms with Gasteiger partial charge in [-0.15, -0.1) is 0 Å². The monoisotopic (exact) mass is 370 g/mol. The standard InChI is InChI=1S/C24H22N2O2/c1-18-9-8-12-20(15-18)17-26-22(27)24(25-23(26)28,21-13-6-3-7-14-21)16-19-10-4-2-5-11-19/h2-15H,16-17H2,1H3,(H,25,28). The van der Waals surface area contributed by atoms with E-state index < -0.39 is 5.54 Å². The lowest BCUT2D eigenvalue weighted by Crippen LogP contribution is -2.46. The van der Waals surface area contributed by atoms with Gasteiger partial charge in [-0.3, -0.25) is 9.69 Å². The lowest BCUT2D eigenvalue weighted by Gasteiger charge is -2.27. The van der Waals surface area contributed by atoms with Crippen molar-refractivity contribution in [3.63, 3.8) is 0 Å². The van der Waals surface area contributed by atoms with Gasteiger partial charge in [0.25, 0.3) is 5.91 Å². The van der Waals surface area contributed by atoms with Crippen molar-refractivity contribution in [2.45, 2.75) is 25.4 Å². The third-order valence-corrected chi connectivity index (χ3v) is 5.18. The molecule has 3 aromatic carbocycles. The minimum atomic E-state index is -1.09. The second-order valence-corrected chi connectivity index (χ2v) is 7.24. The number of amides is 3. The molecular weight excluding hydrogens is 348 g/mol. The van der Waals surface area contributed by atoms with Crippen LogP contribution in [-0.2, 0) is 23.3 Å². The van der Waals surface area contributed by atoms with Crippen molar-refractivity contribution >= 4 is 11.9 Å². The quantitative estimate of drug-likeness (QED) is 0.685. The number of carbonyl (C=O) groups excluding carboxylic acids is 2. The van der Waals surface area contributed by atoms with E-state index in [0.717, 1.165) is 22.3 Å². The van der Waals surface area contributed by atoms with Gasteiger partial charge in [-0.25, -0.2) is 4.79 Å². The summed E-state index contributed by atoms with van der Waals surface area (Å²) < 4.78 is 0. The number of aryl methyl sites for hydroxylation is 1. The number of hydrogen-bond acceptors (Lipinski definition) is 2. The van der Waals surface area contributed by atoms with E-state index in [9.17, 15) is 9.59 Å². The largest absolute Gasteiger partial charge is 0.325 e. The van der Waals surface area contributed by atoms with Gasteiger partial charge >= 0.3 is 6.03 Å². The lowest BCUT2D eigenvalue weighted by molar-refractivity contribution is -0.132. The Bertz CT molecular complexity index is 1000. The molecule has 28 heavy (non-hydrogen) atoms. The van der Waals surface area contributed by atoms with E-state index in [2.05, 4.69) is 5.32 Å². The predicted octanol–water partition coefficient (Wildman–Crippen LogP) is 4.19. The fourth-order valence-electron chi connectivity index (χ4n) is 3.81. The highest BCUT2D eigenvalue weighted by atomic mass is 16.2. The number of nitrogens with one attached hydrogen (secondary N) is 1. The van der Waals surface area contributed by atoms with E-state index >= 15 is 0 Å². The summed E-state index contributed by atoms with van der Waals surface area (Å²) in [6, 6.07) is 26.8. The van der Waals surface area contributed by atoms with Crippen molar-refractivity contribution in [3.05, 3.63) is 107 Å². The third-order valence-electron chi connectivity index (χ3n) is 5.18. The molecule has 3 amide bonds. The molecule has 4 rings (SSSR count). The summed E-state index contributed by atoms with van der Waals surface area (Å²) in [7, 11) is 0. The molecule has 1 aliphatic rings. The topological polar surface area (TPSA) is 49.4 Å². The molecule has 1 aliphatic heterocycles. The van der Waals surface area contributed by atoms with E-state index in [4.69, 9.17) is 0 Å². The Morgan fingerprint density at radius 3 is 2.14 bits per heavy atom. The highest BCUT2D eigenvalue weighted by molar-refractivity contribution is 6.07. The van der Waals surface area contributed by atoms with Gasteiger partial charge in [0, 0.05) is 6.42 Å². The Hall–Kier alpha value is -3.40. The second kappa shape index (κ2) is 7.31. The lowest BCUT2D eigenvalue weighted by atomic mass is 9.83. The number of nitrogens with zero attached hydrogens (tertiary/aromatic N) is 1. The molecule has 140 valence electrons. The number of imide groups is 1. The molecule has 1 unspecified atom stereocenters. The van der Waals surface area contributed by atoms with Gasteiger partial charge in [0.05, 0.1) is 6.54 Å².